The summed E-state index contributed by atoms with van der Waals surface area (Å²) in [6.45, 7) is 6.92. The Morgan fingerprint density at radius 2 is 1.28 bits per heavy atom. The van der Waals surface area contributed by atoms with E-state index in [1.165, 1.54) is 30.0 Å². The molecular weight excluding hydrogens is 340 g/mol. The van der Waals surface area contributed by atoms with Gasteiger partial charge in [-0.15, -0.1) is 0 Å². The molecule has 0 radical (unpaired) electrons. The summed E-state index contributed by atoms with van der Waals surface area (Å²) in [4.78, 5) is 7.10. The number of hydrogen-bond acceptors (Lipinski definition) is 1. The molecule has 1 aliphatic rings. The van der Waals surface area contributed by atoms with Crippen molar-refractivity contribution in [1.29, 1.82) is 0 Å². The maximum Gasteiger partial charge on any atom is 0.180 e. The summed E-state index contributed by atoms with van der Waals surface area (Å²) in [6.07, 6.45) is 1.15. The van der Waals surface area contributed by atoms with Crippen LogP contribution in [-0.4, -0.2) is 0 Å². The SMILES string of the molecule is CCC(C)(C)c1ccc([S+]2c3ccccc3Sc3ccccc32)cc1. The van der Waals surface area contributed by atoms with E-state index < -0.39 is 0 Å². The summed E-state index contributed by atoms with van der Waals surface area (Å²) < 4.78 is 0. The summed E-state index contributed by atoms with van der Waals surface area (Å²) >= 11 is 1.90. The first-order chi connectivity index (χ1) is 12.1. The van der Waals surface area contributed by atoms with Gasteiger partial charge in [0, 0.05) is 0 Å². The van der Waals surface area contributed by atoms with Gasteiger partial charge in [-0.3, -0.25) is 0 Å². The van der Waals surface area contributed by atoms with Crippen molar-refractivity contribution in [2.45, 2.75) is 57.1 Å². The van der Waals surface area contributed by atoms with Crippen LogP contribution in [0.1, 0.15) is 32.8 Å². The molecule has 0 atom stereocenters. The first-order valence-corrected chi connectivity index (χ1v) is 10.8. The lowest BCUT2D eigenvalue weighted by Gasteiger charge is -2.24. The van der Waals surface area contributed by atoms with Gasteiger partial charge in [0.1, 0.15) is 10.9 Å². The Morgan fingerprint density at radius 1 is 0.760 bits per heavy atom. The highest BCUT2D eigenvalue weighted by Crippen LogP contribution is 2.48. The number of rotatable bonds is 3. The van der Waals surface area contributed by atoms with Crippen molar-refractivity contribution in [2.24, 2.45) is 0 Å². The lowest BCUT2D eigenvalue weighted by Crippen LogP contribution is -2.16. The summed E-state index contributed by atoms with van der Waals surface area (Å²) in [5.74, 6) is 0. The third kappa shape index (κ3) is 3.02. The highest BCUT2D eigenvalue weighted by molar-refractivity contribution is 8.04. The number of benzene rings is 3. The maximum atomic E-state index is 2.35. The van der Waals surface area contributed by atoms with Crippen molar-refractivity contribution >= 4 is 22.7 Å². The average molecular weight is 364 g/mol. The van der Waals surface area contributed by atoms with Crippen LogP contribution in [0.15, 0.2) is 97.3 Å². The molecule has 3 aromatic carbocycles. The minimum absolute atomic E-state index is 0.0158. The molecule has 25 heavy (non-hydrogen) atoms. The number of fused-ring (bicyclic) bond motifs is 2. The van der Waals surface area contributed by atoms with Crippen LogP contribution >= 0.6 is 11.8 Å². The molecule has 1 aliphatic heterocycles. The summed E-state index contributed by atoms with van der Waals surface area (Å²) in [5, 5.41) is 0. The molecule has 0 saturated carbocycles. The molecule has 0 N–H and O–H groups in total. The van der Waals surface area contributed by atoms with Crippen LogP contribution in [0, 0.1) is 0 Å². The van der Waals surface area contributed by atoms with E-state index in [-0.39, 0.29) is 16.3 Å². The van der Waals surface area contributed by atoms with Crippen molar-refractivity contribution in [3.8, 4) is 0 Å². The summed E-state index contributed by atoms with van der Waals surface area (Å²) in [7, 11) is -0.0158. The Labute approximate surface area is 158 Å². The van der Waals surface area contributed by atoms with Gasteiger partial charge in [-0.2, -0.15) is 0 Å². The topological polar surface area (TPSA) is 0 Å². The van der Waals surface area contributed by atoms with Gasteiger partial charge in [0.15, 0.2) is 14.7 Å². The lowest BCUT2D eigenvalue weighted by atomic mass is 9.82. The molecule has 0 aromatic heterocycles. The van der Waals surface area contributed by atoms with E-state index in [4.69, 9.17) is 0 Å². The van der Waals surface area contributed by atoms with E-state index in [1.54, 1.807) is 0 Å². The Bertz CT molecular complexity index is 848. The van der Waals surface area contributed by atoms with E-state index in [0.29, 0.717) is 0 Å². The van der Waals surface area contributed by atoms with E-state index in [0.717, 1.165) is 6.42 Å². The normalized spacial score (nSPS) is 14.0. The van der Waals surface area contributed by atoms with E-state index in [9.17, 15) is 0 Å². The first kappa shape index (κ1) is 16.8. The summed E-state index contributed by atoms with van der Waals surface area (Å²) in [6, 6.07) is 27.1. The monoisotopic (exact) mass is 363 g/mol. The zero-order valence-corrected chi connectivity index (χ0v) is 16.6. The first-order valence-electron chi connectivity index (χ1n) is 8.81. The fourth-order valence-electron chi connectivity index (χ4n) is 3.14. The fraction of sp³-hybridized carbons (Fsp3) is 0.217. The minimum Gasteiger partial charge on any atom is -0.0795 e. The molecule has 0 aliphatic carbocycles. The number of hydrogen-bond donors (Lipinski definition) is 0. The minimum atomic E-state index is -0.0158. The molecule has 0 spiro atoms. The molecule has 0 nitrogen and oxygen atoms in total. The summed E-state index contributed by atoms with van der Waals surface area (Å²) in [5.41, 5.74) is 1.66. The second-order valence-electron chi connectivity index (χ2n) is 7.06. The second-order valence-corrected chi connectivity index (χ2v) is 10.1. The zero-order chi connectivity index (χ0) is 17.4. The maximum absolute atomic E-state index is 2.35. The quantitative estimate of drug-likeness (QED) is 0.355. The van der Waals surface area contributed by atoms with E-state index >= 15 is 0 Å². The highest BCUT2D eigenvalue weighted by atomic mass is 32.2. The Hall–Kier alpha value is -1.64. The molecule has 0 saturated heterocycles. The molecule has 0 unspecified atom stereocenters. The van der Waals surface area contributed by atoms with Gasteiger partial charge in [-0.1, -0.05) is 68.9 Å². The predicted molar refractivity (Wildman–Crippen MR) is 109 cm³/mol. The van der Waals surface area contributed by atoms with Gasteiger partial charge in [-0.05, 0) is 53.8 Å². The van der Waals surface area contributed by atoms with Crippen LogP contribution in [0.5, 0.6) is 0 Å². The van der Waals surface area contributed by atoms with Crippen LogP contribution in [0.3, 0.4) is 0 Å². The van der Waals surface area contributed by atoms with Crippen LogP contribution in [0.25, 0.3) is 0 Å². The Balaban J connectivity index is 1.83. The van der Waals surface area contributed by atoms with Crippen molar-refractivity contribution in [3.63, 3.8) is 0 Å². The van der Waals surface area contributed by atoms with Gasteiger partial charge in [0.25, 0.3) is 0 Å². The second kappa shape index (κ2) is 6.59. The van der Waals surface area contributed by atoms with Crippen LogP contribution in [0.4, 0.5) is 0 Å². The molecule has 0 bridgehead atoms. The molecule has 2 heteroatoms. The van der Waals surface area contributed by atoms with Crippen molar-refractivity contribution in [1.82, 2.24) is 0 Å². The standard InChI is InChI=1S/C23H23S2/c1-4-23(2,3)17-13-15-18(16-14-17)25-21-11-7-5-9-19(21)24-20-10-6-8-12-22(20)25/h5-16H,4H2,1-3H3/q+1. The van der Waals surface area contributed by atoms with E-state index in [1.807, 2.05) is 11.8 Å². The van der Waals surface area contributed by atoms with Gasteiger partial charge >= 0.3 is 0 Å². The Morgan fingerprint density at radius 3 is 1.80 bits per heavy atom. The van der Waals surface area contributed by atoms with Crippen LogP contribution in [0.2, 0.25) is 0 Å². The smallest absolute Gasteiger partial charge is 0.0795 e. The highest BCUT2D eigenvalue weighted by Gasteiger charge is 2.37. The largest absolute Gasteiger partial charge is 0.180 e. The molecule has 0 fully saturated rings. The van der Waals surface area contributed by atoms with Crippen molar-refractivity contribution < 1.29 is 0 Å². The van der Waals surface area contributed by atoms with Gasteiger partial charge in [0.2, 0.25) is 0 Å². The van der Waals surface area contributed by atoms with Gasteiger partial charge in [-0.25, -0.2) is 0 Å². The lowest BCUT2D eigenvalue weighted by molar-refractivity contribution is 0.506. The molecule has 126 valence electrons. The van der Waals surface area contributed by atoms with Crippen molar-refractivity contribution in [2.75, 3.05) is 0 Å². The van der Waals surface area contributed by atoms with Crippen LogP contribution < -0.4 is 0 Å². The average Bonchev–Trinajstić information content (AvgIpc) is 2.66. The fourth-order valence-corrected chi connectivity index (χ4v) is 6.88. The molecule has 0 amide bonds. The van der Waals surface area contributed by atoms with Crippen molar-refractivity contribution in [3.05, 3.63) is 78.4 Å². The molecule has 4 rings (SSSR count). The third-order valence-electron chi connectivity index (χ3n) is 5.11. The Kier molecular flexibility index (Phi) is 4.43. The van der Waals surface area contributed by atoms with Gasteiger partial charge in [0.05, 0.1) is 9.79 Å². The predicted octanol–water partition coefficient (Wildman–Crippen LogP) is 6.93. The molecule has 1 heterocycles. The molecular formula is C23H23S2+. The van der Waals surface area contributed by atoms with Crippen LogP contribution in [-0.2, 0) is 16.3 Å². The zero-order valence-electron chi connectivity index (χ0n) is 15.0. The molecule has 3 aromatic rings. The van der Waals surface area contributed by atoms with Gasteiger partial charge < -0.3 is 0 Å². The third-order valence-corrected chi connectivity index (χ3v) is 8.86. The van der Waals surface area contributed by atoms with E-state index in [2.05, 4.69) is 93.6 Å².